The maximum absolute atomic E-state index is 11.4. The molecule has 0 amide bonds. The molecule has 1 aromatic rings. The highest BCUT2D eigenvalue weighted by Crippen LogP contribution is 2.00. The zero-order valence-corrected chi connectivity index (χ0v) is 12.8. The Morgan fingerprint density at radius 1 is 0.864 bits per heavy atom. The summed E-state index contributed by atoms with van der Waals surface area (Å²) in [6, 6.07) is 9.38. The standard InChI is InChI=1S/C16H22O6/c1-2-8-19-12-15(17)21-10-9-20-13-16(18)22-11-14-6-4-3-5-7-14/h3-7H,2,8-13H2,1H3. The minimum atomic E-state index is -0.457. The number of rotatable bonds is 11. The predicted octanol–water partition coefficient (Wildman–Crippen LogP) is 1.72. The second-order valence-corrected chi connectivity index (χ2v) is 4.47. The number of benzene rings is 1. The number of ether oxygens (including phenoxy) is 4. The van der Waals surface area contributed by atoms with Crippen molar-refractivity contribution < 1.29 is 28.5 Å². The lowest BCUT2D eigenvalue weighted by atomic mass is 10.2. The topological polar surface area (TPSA) is 71.1 Å². The summed E-state index contributed by atoms with van der Waals surface area (Å²) in [6.45, 7) is 2.69. The van der Waals surface area contributed by atoms with Crippen LogP contribution in [0.1, 0.15) is 18.9 Å². The monoisotopic (exact) mass is 310 g/mol. The molecule has 0 aliphatic heterocycles. The van der Waals surface area contributed by atoms with Crippen molar-refractivity contribution in [3.05, 3.63) is 35.9 Å². The van der Waals surface area contributed by atoms with Gasteiger partial charge >= 0.3 is 11.9 Å². The lowest BCUT2D eigenvalue weighted by Crippen LogP contribution is -2.18. The van der Waals surface area contributed by atoms with E-state index in [0.29, 0.717) is 6.61 Å². The molecule has 1 rings (SSSR count). The molecule has 0 bridgehead atoms. The molecule has 0 saturated heterocycles. The number of hydrogen-bond donors (Lipinski definition) is 0. The molecule has 0 aliphatic carbocycles. The molecule has 1 aromatic carbocycles. The Kier molecular flexibility index (Phi) is 9.65. The van der Waals surface area contributed by atoms with Crippen molar-refractivity contribution in [1.29, 1.82) is 0 Å². The molecule has 22 heavy (non-hydrogen) atoms. The highest BCUT2D eigenvalue weighted by atomic mass is 16.6. The van der Waals surface area contributed by atoms with Crippen LogP contribution in [0.15, 0.2) is 30.3 Å². The molecule has 0 unspecified atom stereocenters. The van der Waals surface area contributed by atoms with Crippen molar-refractivity contribution in [2.24, 2.45) is 0 Å². The van der Waals surface area contributed by atoms with Gasteiger partial charge in [-0.25, -0.2) is 9.59 Å². The van der Waals surface area contributed by atoms with Crippen LogP contribution >= 0.6 is 0 Å². The van der Waals surface area contributed by atoms with Gasteiger partial charge in [-0.1, -0.05) is 37.3 Å². The van der Waals surface area contributed by atoms with E-state index in [-0.39, 0.29) is 33.0 Å². The molecule has 0 aliphatic rings. The molecule has 0 N–H and O–H groups in total. The number of esters is 2. The van der Waals surface area contributed by atoms with Crippen LogP contribution in [0, 0.1) is 0 Å². The quantitative estimate of drug-likeness (QED) is 0.458. The normalized spacial score (nSPS) is 10.2. The van der Waals surface area contributed by atoms with Crippen LogP contribution in [0.4, 0.5) is 0 Å². The highest BCUT2D eigenvalue weighted by Gasteiger charge is 2.05. The van der Waals surface area contributed by atoms with Gasteiger partial charge in [-0.05, 0) is 12.0 Å². The number of hydrogen-bond acceptors (Lipinski definition) is 6. The molecule has 6 heteroatoms. The van der Waals surface area contributed by atoms with Crippen LogP contribution in [-0.4, -0.2) is 45.0 Å². The maximum Gasteiger partial charge on any atom is 0.332 e. The third-order valence-electron chi connectivity index (χ3n) is 2.52. The summed E-state index contributed by atoms with van der Waals surface area (Å²) in [7, 11) is 0. The maximum atomic E-state index is 11.4. The van der Waals surface area contributed by atoms with Gasteiger partial charge in [0.2, 0.25) is 0 Å². The first-order valence-electron chi connectivity index (χ1n) is 7.23. The van der Waals surface area contributed by atoms with Crippen LogP contribution in [0.3, 0.4) is 0 Å². The van der Waals surface area contributed by atoms with Crippen molar-refractivity contribution >= 4 is 11.9 Å². The minimum Gasteiger partial charge on any atom is -0.462 e. The summed E-state index contributed by atoms with van der Waals surface area (Å²) in [6.07, 6.45) is 0.849. The fraction of sp³-hybridized carbons (Fsp3) is 0.500. The van der Waals surface area contributed by atoms with Gasteiger partial charge in [0, 0.05) is 6.61 Å². The largest absolute Gasteiger partial charge is 0.462 e. The Morgan fingerprint density at radius 3 is 2.18 bits per heavy atom. The van der Waals surface area contributed by atoms with Gasteiger partial charge in [0.25, 0.3) is 0 Å². The smallest absolute Gasteiger partial charge is 0.332 e. The molecule has 0 saturated carbocycles. The molecule has 0 aromatic heterocycles. The van der Waals surface area contributed by atoms with Crippen molar-refractivity contribution in [2.75, 3.05) is 33.0 Å². The molecular formula is C16H22O6. The van der Waals surface area contributed by atoms with E-state index < -0.39 is 11.9 Å². The van der Waals surface area contributed by atoms with Crippen molar-refractivity contribution in [2.45, 2.75) is 20.0 Å². The first-order valence-corrected chi connectivity index (χ1v) is 7.23. The lowest BCUT2D eigenvalue weighted by molar-refractivity contribution is -0.153. The van der Waals surface area contributed by atoms with Gasteiger partial charge in [0.05, 0.1) is 6.61 Å². The van der Waals surface area contributed by atoms with E-state index in [1.54, 1.807) is 0 Å². The average molecular weight is 310 g/mol. The van der Waals surface area contributed by atoms with E-state index in [2.05, 4.69) is 0 Å². The minimum absolute atomic E-state index is 0.0625. The molecule has 122 valence electrons. The average Bonchev–Trinajstić information content (AvgIpc) is 2.54. The lowest BCUT2D eigenvalue weighted by Gasteiger charge is -2.07. The first kappa shape index (κ1) is 18.1. The molecule has 6 nitrogen and oxygen atoms in total. The van der Waals surface area contributed by atoms with Gasteiger partial charge in [0.15, 0.2) is 0 Å². The van der Waals surface area contributed by atoms with Gasteiger partial charge in [-0.15, -0.1) is 0 Å². The Morgan fingerprint density at radius 2 is 1.50 bits per heavy atom. The Labute approximate surface area is 130 Å². The SMILES string of the molecule is CCCOCC(=O)OCCOCC(=O)OCc1ccccc1. The van der Waals surface area contributed by atoms with Crippen LogP contribution in [0.25, 0.3) is 0 Å². The molecule has 0 fully saturated rings. The van der Waals surface area contributed by atoms with E-state index in [0.717, 1.165) is 12.0 Å². The van der Waals surface area contributed by atoms with E-state index in [1.807, 2.05) is 37.3 Å². The van der Waals surface area contributed by atoms with Crippen LogP contribution in [0.5, 0.6) is 0 Å². The molecule has 0 radical (unpaired) electrons. The predicted molar refractivity (Wildman–Crippen MR) is 79.1 cm³/mol. The molecule has 0 atom stereocenters. The van der Waals surface area contributed by atoms with Crippen LogP contribution in [0.2, 0.25) is 0 Å². The second kappa shape index (κ2) is 11.7. The van der Waals surface area contributed by atoms with E-state index in [9.17, 15) is 9.59 Å². The summed E-state index contributed by atoms with van der Waals surface area (Å²) in [4.78, 5) is 22.6. The Balaban J connectivity index is 1.97. The summed E-state index contributed by atoms with van der Waals surface area (Å²) >= 11 is 0. The number of carbonyl (C=O) groups is 2. The molecule has 0 spiro atoms. The summed E-state index contributed by atoms with van der Waals surface area (Å²) < 4.78 is 20.0. The van der Waals surface area contributed by atoms with Crippen LogP contribution in [-0.2, 0) is 35.1 Å². The van der Waals surface area contributed by atoms with Gasteiger partial charge in [-0.3, -0.25) is 0 Å². The van der Waals surface area contributed by atoms with E-state index in [4.69, 9.17) is 18.9 Å². The fourth-order valence-electron chi connectivity index (χ4n) is 1.49. The Bertz CT molecular complexity index is 432. The third kappa shape index (κ3) is 9.10. The zero-order valence-electron chi connectivity index (χ0n) is 12.8. The molecular weight excluding hydrogens is 288 g/mol. The summed E-state index contributed by atoms with van der Waals surface area (Å²) in [5, 5.41) is 0. The number of carbonyl (C=O) groups excluding carboxylic acids is 2. The molecule has 0 heterocycles. The van der Waals surface area contributed by atoms with Crippen molar-refractivity contribution in [1.82, 2.24) is 0 Å². The van der Waals surface area contributed by atoms with Crippen LogP contribution < -0.4 is 0 Å². The van der Waals surface area contributed by atoms with Gasteiger partial charge in [-0.2, -0.15) is 0 Å². The second-order valence-electron chi connectivity index (χ2n) is 4.47. The van der Waals surface area contributed by atoms with Crippen molar-refractivity contribution in [3.63, 3.8) is 0 Å². The van der Waals surface area contributed by atoms with Gasteiger partial charge in [0.1, 0.15) is 26.4 Å². The van der Waals surface area contributed by atoms with E-state index >= 15 is 0 Å². The van der Waals surface area contributed by atoms with Gasteiger partial charge < -0.3 is 18.9 Å². The first-order chi connectivity index (χ1) is 10.7. The zero-order chi connectivity index (χ0) is 16.0. The van der Waals surface area contributed by atoms with E-state index in [1.165, 1.54) is 0 Å². The fourth-order valence-corrected chi connectivity index (χ4v) is 1.49. The Hall–Kier alpha value is -1.92. The summed E-state index contributed by atoms with van der Waals surface area (Å²) in [5.74, 6) is -0.898. The third-order valence-corrected chi connectivity index (χ3v) is 2.52. The summed E-state index contributed by atoms with van der Waals surface area (Å²) in [5.41, 5.74) is 0.914. The highest BCUT2D eigenvalue weighted by molar-refractivity contribution is 5.71. The van der Waals surface area contributed by atoms with Crippen molar-refractivity contribution in [3.8, 4) is 0 Å².